The monoisotopic (exact) mass is 425 g/mol. The van der Waals surface area contributed by atoms with Gasteiger partial charge in [0.1, 0.15) is 0 Å². The molecule has 0 aliphatic heterocycles. The maximum absolute atomic E-state index is 2.42. The fourth-order valence-electron chi connectivity index (χ4n) is 5.04. The Kier molecular flexibility index (Phi) is 3.78. The van der Waals surface area contributed by atoms with Gasteiger partial charge in [0.05, 0.1) is 11.0 Å². The molecule has 7 rings (SSSR count). The molecule has 0 N–H and O–H groups in total. The lowest BCUT2D eigenvalue weighted by atomic mass is 10.00. The second kappa shape index (κ2) is 6.81. The Morgan fingerprint density at radius 1 is 0.469 bits per heavy atom. The van der Waals surface area contributed by atoms with Gasteiger partial charge in [-0.1, -0.05) is 91.0 Å². The fourth-order valence-corrected chi connectivity index (χ4v) is 6.27. The number of para-hydroxylation sites is 3. The average molecular weight is 426 g/mol. The fraction of sp³-hybridized carbons (Fsp3) is 0. The van der Waals surface area contributed by atoms with Gasteiger partial charge in [0.15, 0.2) is 0 Å². The van der Waals surface area contributed by atoms with E-state index in [4.69, 9.17) is 0 Å². The molecule has 0 aliphatic rings. The van der Waals surface area contributed by atoms with Crippen LogP contribution in [0.25, 0.3) is 58.8 Å². The smallest absolute Gasteiger partial charge is 0.0619 e. The molecule has 5 aromatic carbocycles. The molecule has 0 saturated heterocycles. The number of aromatic nitrogens is 1. The third-order valence-electron chi connectivity index (χ3n) is 6.40. The predicted molar refractivity (Wildman–Crippen MR) is 139 cm³/mol. The van der Waals surface area contributed by atoms with Gasteiger partial charge in [0.25, 0.3) is 0 Å². The quantitative estimate of drug-likeness (QED) is 0.261. The summed E-state index contributed by atoms with van der Waals surface area (Å²) in [5.41, 5.74) is 6.28. The highest BCUT2D eigenvalue weighted by molar-refractivity contribution is 7.26. The summed E-state index contributed by atoms with van der Waals surface area (Å²) in [4.78, 5) is 0. The van der Waals surface area contributed by atoms with Crippen molar-refractivity contribution in [2.24, 2.45) is 0 Å². The van der Waals surface area contributed by atoms with E-state index in [1.807, 2.05) is 11.3 Å². The zero-order valence-electron chi connectivity index (χ0n) is 17.3. The van der Waals surface area contributed by atoms with Crippen LogP contribution in [0.15, 0.2) is 115 Å². The molecule has 2 aromatic heterocycles. The van der Waals surface area contributed by atoms with E-state index >= 15 is 0 Å². The van der Waals surface area contributed by atoms with E-state index in [0.717, 1.165) is 0 Å². The van der Waals surface area contributed by atoms with Crippen molar-refractivity contribution in [3.63, 3.8) is 0 Å². The van der Waals surface area contributed by atoms with Crippen LogP contribution in [0.2, 0.25) is 0 Å². The first-order valence-corrected chi connectivity index (χ1v) is 11.7. The number of benzene rings is 5. The molecular weight excluding hydrogens is 406 g/mol. The summed E-state index contributed by atoms with van der Waals surface area (Å²) in [5.74, 6) is 0. The summed E-state index contributed by atoms with van der Waals surface area (Å²) in [6.45, 7) is 0. The average Bonchev–Trinajstić information content (AvgIpc) is 3.41. The van der Waals surface area contributed by atoms with Gasteiger partial charge >= 0.3 is 0 Å². The van der Waals surface area contributed by atoms with E-state index in [9.17, 15) is 0 Å². The summed E-state index contributed by atoms with van der Waals surface area (Å²) in [5, 5.41) is 5.25. The number of rotatable bonds is 2. The molecule has 0 bridgehead atoms. The Hall–Kier alpha value is -3.88. The molecule has 7 aromatic rings. The molecule has 0 aliphatic carbocycles. The van der Waals surface area contributed by atoms with Gasteiger partial charge in [-0.25, -0.2) is 0 Å². The van der Waals surface area contributed by atoms with Gasteiger partial charge in [-0.3, -0.25) is 0 Å². The topological polar surface area (TPSA) is 4.93 Å². The minimum Gasteiger partial charge on any atom is -0.309 e. The van der Waals surface area contributed by atoms with Crippen LogP contribution in [0.3, 0.4) is 0 Å². The number of hydrogen-bond acceptors (Lipinski definition) is 1. The third kappa shape index (κ3) is 2.44. The van der Waals surface area contributed by atoms with Crippen LogP contribution in [0, 0.1) is 0 Å². The van der Waals surface area contributed by atoms with Crippen LogP contribution in [0.5, 0.6) is 0 Å². The largest absolute Gasteiger partial charge is 0.309 e. The van der Waals surface area contributed by atoms with Gasteiger partial charge in [-0.05, 0) is 24.3 Å². The maximum atomic E-state index is 2.42. The Morgan fingerprint density at radius 3 is 2.00 bits per heavy atom. The molecule has 32 heavy (non-hydrogen) atoms. The van der Waals surface area contributed by atoms with Gasteiger partial charge < -0.3 is 4.57 Å². The van der Waals surface area contributed by atoms with E-state index in [0.29, 0.717) is 0 Å². The maximum Gasteiger partial charge on any atom is 0.0619 e. The molecule has 0 unspecified atom stereocenters. The lowest BCUT2D eigenvalue weighted by Gasteiger charge is -2.12. The van der Waals surface area contributed by atoms with E-state index in [1.54, 1.807) is 0 Å². The number of nitrogens with zero attached hydrogens (tertiary/aromatic N) is 1. The van der Waals surface area contributed by atoms with Gasteiger partial charge in [-0.15, -0.1) is 11.3 Å². The van der Waals surface area contributed by atoms with Gasteiger partial charge in [0, 0.05) is 47.8 Å². The Labute approximate surface area is 189 Å². The lowest BCUT2D eigenvalue weighted by molar-refractivity contribution is 1.18. The molecule has 0 atom stereocenters. The Morgan fingerprint density at radius 2 is 1.12 bits per heavy atom. The van der Waals surface area contributed by atoms with Crippen molar-refractivity contribution in [3.8, 4) is 16.8 Å². The van der Waals surface area contributed by atoms with Crippen LogP contribution >= 0.6 is 11.3 Å². The second-order valence-corrected chi connectivity index (χ2v) is 9.22. The molecule has 0 radical (unpaired) electrons. The van der Waals surface area contributed by atoms with E-state index in [-0.39, 0.29) is 0 Å². The van der Waals surface area contributed by atoms with Crippen molar-refractivity contribution in [2.75, 3.05) is 0 Å². The van der Waals surface area contributed by atoms with Crippen LogP contribution in [0.4, 0.5) is 0 Å². The first-order chi connectivity index (χ1) is 15.9. The van der Waals surface area contributed by atoms with E-state index < -0.39 is 0 Å². The Balaban J connectivity index is 1.67. The summed E-state index contributed by atoms with van der Waals surface area (Å²) in [6.07, 6.45) is 0. The van der Waals surface area contributed by atoms with Crippen LogP contribution < -0.4 is 0 Å². The normalized spacial score (nSPS) is 11.8. The van der Waals surface area contributed by atoms with Crippen molar-refractivity contribution < 1.29 is 0 Å². The molecule has 2 heterocycles. The highest BCUT2D eigenvalue weighted by Gasteiger charge is 2.18. The molecule has 0 spiro atoms. The summed E-state index contributed by atoms with van der Waals surface area (Å²) in [6, 6.07) is 41.6. The van der Waals surface area contributed by atoms with Crippen molar-refractivity contribution in [2.45, 2.75) is 0 Å². The number of fused-ring (bicyclic) bond motifs is 6. The third-order valence-corrected chi connectivity index (χ3v) is 7.62. The molecule has 0 saturated carbocycles. The molecule has 2 heteroatoms. The first kappa shape index (κ1) is 17.8. The van der Waals surface area contributed by atoms with Gasteiger partial charge in [-0.2, -0.15) is 0 Å². The minimum atomic E-state index is 1.19. The number of hydrogen-bond donors (Lipinski definition) is 0. The van der Waals surface area contributed by atoms with Crippen molar-refractivity contribution in [1.29, 1.82) is 0 Å². The standard InChI is InChI=1S/C30H19NS/c1-2-10-20(11-3-1)31-27-18-6-4-12-21(27)23-14-8-15-24(29(23)31)26-17-9-16-25-22-13-5-7-19-28(22)32-30(25)26/h1-19H. The van der Waals surface area contributed by atoms with E-state index in [1.165, 1.54) is 58.8 Å². The minimum absolute atomic E-state index is 1.19. The SMILES string of the molecule is c1ccc(-n2c3ccccc3c3cccc(-c4cccc5c4sc4ccccc45)c32)cc1. The summed E-state index contributed by atoms with van der Waals surface area (Å²) in [7, 11) is 0. The lowest BCUT2D eigenvalue weighted by Crippen LogP contribution is -1.95. The highest BCUT2D eigenvalue weighted by atomic mass is 32.1. The Bertz CT molecular complexity index is 1770. The second-order valence-electron chi connectivity index (χ2n) is 8.17. The van der Waals surface area contributed by atoms with Crippen LogP contribution in [-0.2, 0) is 0 Å². The van der Waals surface area contributed by atoms with E-state index in [2.05, 4.69) is 120 Å². The summed E-state index contributed by atoms with van der Waals surface area (Å²) < 4.78 is 5.11. The zero-order valence-corrected chi connectivity index (χ0v) is 18.1. The van der Waals surface area contributed by atoms with Crippen molar-refractivity contribution in [1.82, 2.24) is 4.57 Å². The molecule has 0 fully saturated rings. The van der Waals surface area contributed by atoms with Crippen LogP contribution in [-0.4, -0.2) is 4.57 Å². The molecular formula is C30H19NS. The molecule has 1 nitrogen and oxygen atoms in total. The van der Waals surface area contributed by atoms with Crippen LogP contribution in [0.1, 0.15) is 0 Å². The molecule has 0 amide bonds. The summed E-state index contributed by atoms with van der Waals surface area (Å²) >= 11 is 1.89. The zero-order chi connectivity index (χ0) is 21.1. The van der Waals surface area contributed by atoms with Gasteiger partial charge in [0.2, 0.25) is 0 Å². The van der Waals surface area contributed by atoms with Crippen molar-refractivity contribution in [3.05, 3.63) is 115 Å². The highest BCUT2D eigenvalue weighted by Crippen LogP contribution is 2.43. The first-order valence-electron chi connectivity index (χ1n) is 10.9. The number of thiophene rings is 1. The molecule has 150 valence electrons. The predicted octanol–water partition coefficient (Wildman–Crippen LogP) is 8.82. The van der Waals surface area contributed by atoms with Crippen molar-refractivity contribution >= 4 is 53.3 Å².